The first-order valence-electron chi connectivity index (χ1n) is 7.49. The predicted molar refractivity (Wildman–Crippen MR) is 80.3 cm³/mol. The van der Waals surface area contributed by atoms with Crippen LogP contribution in [-0.4, -0.2) is 34.1 Å². The molecule has 6 nitrogen and oxygen atoms in total. The molecule has 1 aliphatic heterocycles. The van der Waals surface area contributed by atoms with Gasteiger partial charge in [-0.1, -0.05) is 12.1 Å². The van der Waals surface area contributed by atoms with Crippen LogP contribution in [0.3, 0.4) is 0 Å². The molecule has 3 rings (SSSR count). The van der Waals surface area contributed by atoms with Gasteiger partial charge >= 0.3 is 6.18 Å². The van der Waals surface area contributed by atoms with Crippen LogP contribution in [0.1, 0.15) is 18.4 Å². The SMILES string of the molecule is Cn1ncc2ccc(CCC(=O)NCCC3(C(F)(F)F)N=N3)cc21. The molecule has 1 N–H and O–H groups in total. The highest BCUT2D eigenvalue weighted by Gasteiger charge is 2.63. The van der Waals surface area contributed by atoms with Crippen LogP contribution in [0.5, 0.6) is 0 Å². The maximum Gasteiger partial charge on any atom is 0.437 e. The number of fused-ring (bicyclic) bond motifs is 1. The zero-order valence-electron chi connectivity index (χ0n) is 13.0. The van der Waals surface area contributed by atoms with E-state index in [2.05, 4.69) is 20.6 Å². The normalized spacial score (nSPS) is 15.7. The molecule has 1 amide bonds. The number of aromatic nitrogens is 2. The summed E-state index contributed by atoms with van der Waals surface area (Å²) in [4.78, 5) is 11.8. The number of aryl methyl sites for hydroxylation is 2. The molecule has 128 valence electrons. The quantitative estimate of drug-likeness (QED) is 0.879. The lowest BCUT2D eigenvalue weighted by molar-refractivity contribution is -0.164. The summed E-state index contributed by atoms with van der Waals surface area (Å²) >= 11 is 0. The summed E-state index contributed by atoms with van der Waals surface area (Å²) in [5.74, 6) is -0.293. The number of alkyl halides is 3. The highest BCUT2D eigenvalue weighted by molar-refractivity contribution is 5.80. The van der Waals surface area contributed by atoms with Crippen molar-refractivity contribution in [1.29, 1.82) is 0 Å². The third-order valence-electron chi connectivity index (χ3n) is 4.05. The van der Waals surface area contributed by atoms with Crippen molar-refractivity contribution in [2.45, 2.75) is 31.1 Å². The first-order chi connectivity index (χ1) is 11.3. The summed E-state index contributed by atoms with van der Waals surface area (Å²) in [6.45, 7) is -0.105. The molecule has 9 heteroatoms. The number of rotatable bonds is 6. The molecule has 2 aromatic rings. The Kier molecular flexibility index (Phi) is 4.02. The van der Waals surface area contributed by atoms with Gasteiger partial charge in [-0.05, 0) is 18.1 Å². The van der Waals surface area contributed by atoms with Gasteiger partial charge in [0.15, 0.2) is 0 Å². The van der Waals surface area contributed by atoms with Crippen LogP contribution >= 0.6 is 0 Å². The number of hydrogen-bond donors (Lipinski definition) is 1. The van der Waals surface area contributed by atoms with Gasteiger partial charge in [0.1, 0.15) is 0 Å². The highest BCUT2D eigenvalue weighted by Crippen LogP contribution is 2.46. The summed E-state index contributed by atoms with van der Waals surface area (Å²) < 4.78 is 39.6. The van der Waals surface area contributed by atoms with Crippen molar-refractivity contribution in [3.8, 4) is 0 Å². The fraction of sp³-hybridized carbons (Fsp3) is 0.467. The number of amides is 1. The van der Waals surface area contributed by atoms with Crippen LogP contribution in [0.25, 0.3) is 10.9 Å². The minimum absolute atomic E-state index is 0.105. The Labute approximate surface area is 135 Å². The van der Waals surface area contributed by atoms with Gasteiger partial charge in [0.25, 0.3) is 5.66 Å². The Bertz CT molecular complexity index is 790. The van der Waals surface area contributed by atoms with E-state index < -0.39 is 11.8 Å². The first kappa shape index (κ1) is 16.4. The smallest absolute Gasteiger partial charge is 0.356 e. The van der Waals surface area contributed by atoms with E-state index in [1.807, 2.05) is 25.2 Å². The zero-order valence-corrected chi connectivity index (χ0v) is 13.0. The maximum absolute atomic E-state index is 12.6. The van der Waals surface area contributed by atoms with Crippen LogP contribution in [0.15, 0.2) is 34.6 Å². The van der Waals surface area contributed by atoms with Gasteiger partial charge in [0.05, 0.1) is 11.7 Å². The molecule has 0 atom stereocenters. The summed E-state index contributed by atoms with van der Waals surface area (Å²) in [5.41, 5.74) is -0.359. The highest BCUT2D eigenvalue weighted by atomic mass is 19.4. The molecule has 0 radical (unpaired) electrons. The lowest BCUT2D eigenvalue weighted by Crippen LogP contribution is -2.37. The van der Waals surface area contributed by atoms with Gasteiger partial charge in [-0.3, -0.25) is 9.48 Å². The van der Waals surface area contributed by atoms with Crippen molar-refractivity contribution >= 4 is 16.8 Å². The molecule has 1 aromatic heterocycles. The third-order valence-corrected chi connectivity index (χ3v) is 4.05. The van der Waals surface area contributed by atoms with Crippen molar-refractivity contribution in [1.82, 2.24) is 15.1 Å². The van der Waals surface area contributed by atoms with Gasteiger partial charge in [-0.15, -0.1) is 10.2 Å². The van der Waals surface area contributed by atoms with E-state index in [1.54, 1.807) is 10.9 Å². The third kappa shape index (κ3) is 3.24. The Morgan fingerprint density at radius 3 is 2.75 bits per heavy atom. The standard InChI is InChI=1S/C15H16F3N5O/c1-23-12-8-10(2-4-11(12)9-20-23)3-5-13(24)19-7-6-14(21-22-14)15(16,17)18/h2,4,8-9H,3,5-7H2,1H3,(H,19,24). The predicted octanol–water partition coefficient (Wildman–Crippen LogP) is 2.74. The van der Waals surface area contributed by atoms with E-state index in [1.165, 1.54) is 0 Å². The van der Waals surface area contributed by atoms with Gasteiger partial charge in [-0.2, -0.15) is 18.3 Å². The number of halogens is 3. The molecule has 0 fully saturated rings. The van der Waals surface area contributed by atoms with Gasteiger partial charge in [0.2, 0.25) is 5.91 Å². The monoisotopic (exact) mass is 339 g/mol. The van der Waals surface area contributed by atoms with E-state index in [9.17, 15) is 18.0 Å². The minimum Gasteiger partial charge on any atom is -0.356 e. The Morgan fingerprint density at radius 2 is 2.08 bits per heavy atom. The number of hydrogen-bond acceptors (Lipinski definition) is 4. The van der Waals surface area contributed by atoms with E-state index in [0.717, 1.165) is 16.5 Å². The number of benzene rings is 1. The summed E-state index contributed by atoms with van der Waals surface area (Å²) in [7, 11) is 1.84. The largest absolute Gasteiger partial charge is 0.437 e. The lowest BCUT2D eigenvalue weighted by Gasteiger charge is -2.14. The summed E-state index contributed by atoms with van der Waals surface area (Å²) in [5, 5.41) is 13.8. The van der Waals surface area contributed by atoms with E-state index >= 15 is 0 Å². The Hall–Kier alpha value is -2.45. The number of nitrogens with one attached hydrogen (secondary N) is 1. The second-order valence-electron chi connectivity index (χ2n) is 5.78. The molecule has 0 bridgehead atoms. The van der Waals surface area contributed by atoms with Crippen molar-refractivity contribution < 1.29 is 18.0 Å². The Morgan fingerprint density at radius 1 is 1.33 bits per heavy atom. The number of nitrogens with zero attached hydrogens (tertiary/aromatic N) is 4. The lowest BCUT2D eigenvalue weighted by atomic mass is 10.1. The second-order valence-corrected chi connectivity index (χ2v) is 5.78. The van der Waals surface area contributed by atoms with Crippen molar-refractivity contribution in [2.75, 3.05) is 6.54 Å². The molecule has 1 aromatic carbocycles. The average molecular weight is 339 g/mol. The molecule has 0 saturated heterocycles. The molecular formula is C15H16F3N5O. The Balaban J connectivity index is 1.46. The van der Waals surface area contributed by atoms with Gasteiger partial charge in [-0.25, -0.2) is 0 Å². The summed E-state index contributed by atoms with van der Waals surface area (Å²) in [6, 6.07) is 5.80. The van der Waals surface area contributed by atoms with Crippen molar-refractivity contribution in [3.05, 3.63) is 30.0 Å². The molecule has 0 unspecified atom stereocenters. The van der Waals surface area contributed by atoms with Crippen molar-refractivity contribution in [2.24, 2.45) is 17.3 Å². The van der Waals surface area contributed by atoms with Crippen LogP contribution < -0.4 is 5.32 Å². The molecule has 0 spiro atoms. The maximum atomic E-state index is 12.6. The minimum atomic E-state index is -4.49. The molecule has 1 aliphatic rings. The second kappa shape index (κ2) is 5.88. The van der Waals surface area contributed by atoms with E-state index in [-0.39, 0.29) is 25.3 Å². The van der Waals surface area contributed by atoms with Gasteiger partial charge in [0, 0.05) is 31.8 Å². The first-order valence-corrected chi connectivity index (χ1v) is 7.49. The van der Waals surface area contributed by atoms with Crippen LogP contribution in [-0.2, 0) is 18.3 Å². The fourth-order valence-electron chi connectivity index (χ4n) is 2.48. The van der Waals surface area contributed by atoms with Crippen LogP contribution in [0, 0.1) is 0 Å². The molecule has 2 heterocycles. The molecule has 0 saturated carbocycles. The van der Waals surface area contributed by atoms with Crippen LogP contribution in [0.2, 0.25) is 0 Å². The fourth-order valence-corrected chi connectivity index (χ4v) is 2.48. The average Bonchev–Trinajstić information content (AvgIpc) is 3.24. The van der Waals surface area contributed by atoms with Crippen LogP contribution in [0.4, 0.5) is 13.2 Å². The zero-order chi connectivity index (χ0) is 17.4. The van der Waals surface area contributed by atoms with E-state index in [0.29, 0.717) is 6.42 Å². The topological polar surface area (TPSA) is 71.6 Å². The molecule has 24 heavy (non-hydrogen) atoms. The van der Waals surface area contributed by atoms with E-state index in [4.69, 9.17) is 0 Å². The number of carbonyl (C=O) groups excluding carboxylic acids is 1. The molecular weight excluding hydrogens is 323 g/mol. The van der Waals surface area contributed by atoms with Gasteiger partial charge < -0.3 is 5.32 Å². The number of carbonyl (C=O) groups is 1. The van der Waals surface area contributed by atoms with Crippen molar-refractivity contribution in [3.63, 3.8) is 0 Å². The summed E-state index contributed by atoms with van der Waals surface area (Å²) in [6.07, 6.45) is -2.38. The molecule has 0 aliphatic carbocycles.